The second kappa shape index (κ2) is 6.40. The minimum atomic E-state index is -4.39. The van der Waals surface area contributed by atoms with Gasteiger partial charge in [-0.15, -0.1) is 0 Å². The summed E-state index contributed by atoms with van der Waals surface area (Å²) in [5.41, 5.74) is 0.708. The van der Waals surface area contributed by atoms with Crippen LogP contribution in [0.3, 0.4) is 0 Å². The van der Waals surface area contributed by atoms with Gasteiger partial charge in [0.05, 0.1) is 17.5 Å². The van der Waals surface area contributed by atoms with Crippen LogP contribution in [0.2, 0.25) is 0 Å². The van der Waals surface area contributed by atoms with Crippen molar-refractivity contribution in [2.75, 3.05) is 7.11 Å². The predicted octanol–water partition coefficient (Wildman–Crippen LogP) is 5.96. The SMILES string of the molecule is COc1ccc(C(Br)c2ccc(Br)c(C(F)(F)F)c2)cc1. The number of ether oxygens (including phenoxy) is 1. The van der Waals surface area contributed by atoms with Gasteiger partial charge < -0.3 is 4.74 Å². The zero-order valence-corrected chi connectivity index (χ0v) is 14.1. The lowest BCUT2D eigenvalue weighted by atomic mass is 10.0. The minimum absolute atomic E-state index is 0.0354. The molecule has 0 N–H and O–H groups in total. The quantitative estimate of drug-likeness (QED) is 0.553. The Morgan fingerprint density at radius 2 is 1.57 bits per heavy atom. The maximum Gasteiger partial charge on any atom is 0.417 e. The molecule has 1 nitrogen and oxygen atoms in total. The second-order valence-corrected chi connectivity index (χ2v) is 6.14. The summed E-state index contributed by atoms with van der Waals surface area (Å²) in [5.74, 6) is 0.699. The van der Waals surface area contributed by atoms with Crippen molar-refractivity contribution in [3.8, 4) is 5.75 Å². The summed E-state index contributed by atoms with van der Waals surface area (Å²) in [6.07, 6.45) is -4.39. The van der Waals surface area contributed by atoms with E-state index in [1.165, 1.54) is 6.07 Å². The molecular weight excluding hydrogens is 413 g/mol. The molecule has 0 saturated heterocycles. The van der Waals surface area contributed by atoms with Crippen LogP contribution in [-0.4, -0.2) is 7.11 Å². The molecule has 0 bridgehead atoms. The number of hydrogen-bond acceptors (Lipinski definition) is 1. The van der Waals surface area contributed by atoms with E-state index in [0.717, 1.165) is 11.6 Å². The Morgan fingerprint density at radius 3 is 2.10 bits per heavy atom. The van der Waals surface area contributed by atoms with Crippen molar-refractivity contribution in [3.63, 3.8) is 0 Å². The van der Waals surface area contributed by atoms with Gasteiger partial charge in [-0.1, -0.05) is 50.1 Å². The first-order chi connectivity index (χ1) is 9.82. The molecule has 0 saturated carbocycles. The van der Waals surface area contributed by atoms with Gasteiger partial charge in [0, 0.05) is 4.47 Å². The fraction of sp³-hybridized carbons (Fsp3) is 0.200. The zero-order valence-electron chi connectivity index (χ0n) is 10.9. The van der Waals surface area contributed by atoms with Gasteiger partial charge in [0.25, 0.3) is 0 Å². The molecule has 2 rings (SSSR count). The first-order valence-corrected chi connectivity index (χ1v) is 7.68. The summed E-state index contributed by atoms with van der Waals surface area (Å²) >= 11 is 6.38. The lowest BCUT2D eigenvalue weighted by molar-refractivity contribution is -0.138. The molecule has 6 heteroatoms. The number of halogens is 5. The molecule has 0 aromatic heterocycles. The fourth-order valence-electron chi connectivity index (χ4n) is 1.88. The molecule has 0 heterocycles. The van der Waals surface area contributed by atoms with E-state index in [2.05, 4.69) is 31.9 Å². The maximum atomic E-state index is 12.9. The van der Waals surface area contributed by atoms with Crippen molar-refractivity contribution in [3.05, 3.63) is 63.6 Å². The molecule has 0 amide bonds. The van der Waals surface area contributed by atoms with Gasteiger partial charge in [0.1, 0.15) is 5.75 Å². The fourth-order valence-corrected chi connectivity index (χ4v) is 2.94. The summed E-state index contributed by atoms with van der Waals surface area (Å²) in [4.78, 5) is -0.322. The van der Waals surface area contributed by atoms with E-state index in [0.29, 0.717) is 11.3 Å². The molecule has 0 spiro atoms. The summed E-state index contributed by atoms with van der Waals surface area (Å²) < 4.78 is 43.9. The van der Waals surface area contributed by atoms with Crippen LogP contribution in [0.5, 0.6) is 5.75 Å². The van der Waals surface area contributed by atoms with Crippen LogP contribution in [0.4, 0.5) is 13.2 Å². The molecule has 21 heavy (non-hydrogen) atoms. The highest BCUT2D eigenvalue weighted by atomic mass is 79.9. The molecule has 0 radical (unpaired) electrons. The number of benzene rings is 2. The van der Waals surface area contributed by atoms with E-state index in [-0.39, 0.29) is 9.30 Å². The van der Waals surface area contributed by atoms with E-state index < -0.39 is 11.7 Å². The van der Waals surface area contributed by atoms with Crippen LogP contribution < -0.4 is 4.74 Å². The van der Waals surface area contributed by atoms with Crippen LogP contribution in [0, 0.1) is 0 Å². The van der Waals surface area contributed by atoms with E-state index in [4.69, 9.17) is 4.74 Å². The smallest absolute Gasteiger partial charge is 0.417 e. The molecule has 1 unspecified atom stereocenters. The number of alkyl halides is 4. The number of methoxy groups -OCH3 is 1. The Balaban J connectivity index is 2.36. The van der Waals surface area contributed by atoms with Crippen molar-refractivity contribution in [2.45, 2.75) is 11.0 Å². The Labute approximate surface area is 137 Å². The van der Waals surface area contributed by atoms with Crippen molar-refractivity contribution >= 4 is 31.9 Å². The van der Waals surface area contributed by atoms with Crippen molar-refractivity contribution in [1.82, 2.24) is 0 Å². The van der Waals surface area contributed by atoms with Crippen LogP contribution in [0.25, 0.3) is 0 Å². The van der Waals surface area contributed by atoms with Gasteiger partial charge in [-0.25, -0.2) is 0 Å². The predicted molar refractivity (Wildman–Crippen MR) is 82.9 cm³/mol. The Kier molecular flexibility index (Phi) is 4.99. The van der Waals surface area contributed by atoms with Gasteiger partial charge in [-0.3, -0.25) is 0 Å². The summed E-state index contributed by atoms with van der Waals surface area (Å²) in [7, 11) is 1.56. The van der Waals surface area contributed by atoms with Gasteiger partial charge in [-0.2, -0.15) is 13.2 Å². The molecule has 0 aliphatic heterocycles. The third-order valence-corrected chi connectivity index (χ3v) is 4.75. The van der Waals surface area contributed by atoms with Gasteiger partial charge >= 0.3 is 6.18 Å². The van der Waals surface area contributed by atoms with Gasteiger partial charge in [0.2, 0.25) is 0 Å². The van der Waals surface area contributed by atoms with Crippen LogP contribution in [-0.2, 0) is 6.18 Å². The minimum Gasteiger partial charge on any atom is -0.497 e. The maximum absolute atomic E-state index is 12.9. The van der Waals surface area contributed by atoms with Crippen LogP contribution in [0.1, 0.15) is 21.5 Å². The normalized spacial score (nSPS) is 13.0. The largest absolute Gasteiger partial charge is 0.497 e. The van der Waals surface area contributed by atoms with Crippen LogP contribution >= 0.6 is 31.9 Å². The summed E-state index contributed by atoms with van der Waals surface area (Å²) in [6.45, 7) is 0. The molecular formula is C15H11Br2F3O. The monoisotopic (exact) mass is 422 g/mol. The van der Waals surface area contributed by atoms with Crippen LogP contribution in [0.15, 0.2) is 46.9 Å². The van der Waals surface area contributed by atoms with Crippen molar-refractivity contribution in [2.24, 2.45) is 0 Å². The second-order valence-electron chi connectivity index (χ2n) is 4.37. The highest BCUT2D eigenvalue weighted by molar-refractivity contribution is 9.10. The molecule has 0 fully saturated rings. The highest BCUT2D eigenvalue weighted by Gasteiger charge is 2.33. The Hall–Kier alpha value is -1.01. The molecule has 2 aromatic carbocycles. The zero-order chi connectivity index (χ0) is 15.6. The number of hydrogen-bond donors (Lipinski definition) is 0. The topological polar surface area (TPSA) is 9.23 Å². The van der Waals surface area contributed by atoms with Gasteiger partial charge in [-0.05, 0) is 35.4 Å². The van der Waals surface area contributed by atoms with E-state index in [1.807, 2.05) is 12.1 Å². The summed E-state index contributed by atoms with van der Waals surface area (Å²) in [6, 6.07) is 11.4. The lowest BCUT2D eigenvalue weighted by Gasteiger charge is -2.15. The Bertz CT molecular complexity index is 624. The molecule has 112 valence electrons. The van der Waals surface area contributed by atoms with Gasteiger partial charge in [0.15, 0.2) is 0 Å². The average Bonchev–Trinajstić information content (AvgIpc) is 2.46. The Morgan fingerprint density at radius 1 is 1.00 bits per heavy atom. The first kappa shape index (κ1) is 16.4. The van der Waals surface area contributed by atoms with Crippen molar-refractivity contribution in [1.29, 1.82) is 0 Å². The molecule has 1 atom stereocenters. The van der Waals surface area contributed by atoms with Crippen molar-refractivity contribution < 1.29 is 17.9 Å². The first-order valence-electron chi connectivity index (χ1n) is 5.97. The van der Waals surface area contributed by atoms with E-state index in [1.54, 1.807) is 25.3 Å². The standard InChI is InChI=1S/C15H11Br2F3O/c1-21-11-5-2-9(3-6-11)14(17)10-4-7-13(16)12(8-10)15(18,19)20/h2-8,14H,1H3. The average molecular weight is 424 g/mol. The highest BCUT2D eigenvalue weighted by Crippen LogP contribution is 2.39. The molecule has 0 aliphatic carbocycles. The molecule has 2 aromatic rings. The van der Waals surface area contributed by atoms with E-state index >= 15 is 0 Å². The third kappa shape index (κ3) is 3.80. The lowest BCUT2D eigenvalue weighted by Crippen LogP contribution is -2.07. The third-order valence-electron chi connectivity index (χ3n) is 3.00. The molecule has 0 aliphatic rings. The van der Waals surface area contributed by atoms with E-state index in [9.17, 15) is 13.2 Å². The summed E-state index contributed by atoms with van der Waals surface area (Å²) in [5, 5.41) is 0. The number of rotatable bonds is 3.